The van der Waals surface area contributed by atoms with Gasteiger partial charge in [0, 0.05) is 28.6 Å². The van der Waals surface area contributed by atoms with Gasteiger partial charge in [0.05, 0.1) is 5.69 Å². The Morgan fingerprint density at radius 1 is 1.41 bits per heavy atom. The number of rotatable bonds is 2. The molecule has 1 heterocycles. The van der Waals surface area contributed by atoms with Gasteiger partial charge in [-0.15, -0.1) is 0 Å². The summed E-state index contributed by atoms with van der Waals surface area (Å²) in [4.78, 5) is 12.0. The van der Waals surface area contributed by atoms with Crippen molar-refractivity contribution in [2.75, 3.05) is 18.5 Å². The van der Waals surface area contributed by atoms with Crippen LogP contribution >= 0.6 is 27.5 Å². The normalized spacial score (nSPS) is 16.8. The largest absolute Gasteiger partial charge is 0.381 e. The number of ether oxygens (including phenoxy) is 1. The van der Waals surface area contributed by atoms with E-state index < -0.39 is 0 Å². The van der Waals surface area contributed by atoms with E-state index in [4.69, 9.17) is 16.3 Å². The molecule has 17 heavy (non-hydrogen) atoms. The van der Waals surface area contributed by atoms with Crippen LogP contribution in [0.5, 0.6) is 0 Å². The highest BCUT2D eigenvalue weighted by Crippen LogP contribution is 2.27. The minimum absolute atomic E-state index is 0.0367. The molecule has 0 bridgehead atoms. The van der Waals surface area contributed by atoms with E-state index >= 15 is 0 Å². The minimum atomic E-state index is 0.0367. The Kier molecular flexibility index (Phi) is 4.42. The molecule has 1 saturated heterocycles. The molecule has 0 aromatic heterocycles. The van der Waals surface area contributed by atoms with Gasteiger partial charge < -0.3 is 10.1 Å². The molecular formula is C12H13BrClNO2. The maximum Gasteiger partial charge on any atom is 0.227 e. The molecule has 1 aromatic carbocycles. The highest BCUT2D eigenvalue weighted by Gasteiger charge is 2.22. The van der Waals surface area contributed by atoms with Crippen LogP contribution in [0.25, 0.3) is 0 Å². The predicted octanol–water partition coefficient (Wildman–Crippen LogP) is 3.47. The number of amides is 1. The van der Waals surface area contributed by atoms with E-state index in [1.165, 1.54) is 0 Å². The van der Waals surface area contributed by atoms with Crippen molar-refractivity contribution in [3.63, 3.8) is 0 Å². The van der Waals surface area contributed by atoms with Gasteiger partial charge in [0.1, 0.15) is 0 Å². The molecule has 0 atom stereocenters. The topological polar surface area (TPSA) is 38.3 Å². The Morgan fingerprint density at radius 2 is 2.12 bits per heavy atom. The van der Waals surface area contributed by atoms with E-state index in [2.05, 4.69) is 21.2 Å². The molecule has 0 unspecified atom stereocenters. The summed E-state index contributed by atoms with van der Waals surface area (Å²) in [6.07, 6.45) is 1.56. The average Bonchev–Trinajstić information content (AvgIpc) is 2.35. The summed E-state index contributed by atoms with van der Waals surface area (Å²) >= 11 is 9.28. The third kappa shape index (κ3) is 3.44. The van der Waals surface area contributed by atoms with Gasteiger partial charge in [-0.25, -0.2) is 0 Å². The van der Waals surface area contributed by atoms with Crippen LogP contribution in [-0.2, 0) is 9.53 Å². The lowest BCUT2D eigenvalue weighted by molar-refractivity contribution is -0.122. The molecule has 1 fully saturated rings. The van der Waals surface area contributed by atoms with E-state index in [0.717, 1.165) is 17.3 Å². The lowest BCUT2D eigenvalue weighted by atomic mass is 9.99. The number of benzene rings is 1. The molecular weight excluding hydrogens is 305 g/mol. The lowest BCUT2D eigenvalue weighted by Gasteiger charge is -2.21. The van der Waals surface area contributed by atoms with Crippen LogP contribution in [0, 0.1) is 5.92 Å². The van der Waals surface area contributed by atoms with Gasteiger partial charge in [-0.2, -0.15) is 0 Å². The van der Waals surface area contributed by atoms with Crippen LogP contribution in [0.2, 0.25) is 5.02 Å². The number of hydrogen-bond acceptors (Lipinski definition) is 2. The van der Waals surface area contributed by atoms with E-state index in [9.17, 15) is 4.79 Å². The number of halogens is 2. The van der Waals surface area contributed by atoms with Crippen molar-refractivity contribution < 1.29 is 9.53 Å². The highest BCUT2D eigenvalue weighted by molar-refractivity contribution is 9.10. The molecule has 1 aromatic rings. The molecule has 0 spiro atoms. The van der Waals surface area contributed by atoms with E-state index in [0.29, 0.717) is 23.9 Å². The molecule has 1 N–H and O–H groups in total. The van der Waals surface area contributed by atoms with Gasteiger partial charge in [0.2, 0.25) is 5.91 Å². The van der Waals surface area contributed by atoms with Gasteiger partial charge in [0.15, 0.2) is 0 Å². The SMILES string of the molecule is O=C(Nc1cc(Cl)ccc1Br)C1CCOCC1. The summed E-state index contributed by atoms with van der Waals surface area (Å²) in [5, 5.41) is 3.50. The molecule has 0 saturated carbocycles. The van der Waals surface area contributed by atoms with E-state index in [1.54, 1.807) is 12.1 Å². The molecule has 1 aliphatic heterocycles. The first kappa shape index (κ1) is 12.9. The van der Waals surface area contributed by atoms with Crippen LogP contribution in [-0.4, -0.2) is 19.1 Å². The quantitative estimate of drug-likeness (QED) is 0.907. The smallest absolute Gasteiger partial charge is 0.227 e. The fourth-order valence-electron chi connectivity index (χ4n) is 1.79. The first-order valence-electron chi connectivity index (χ1n) is 5.50. The van der Waals surface area contributed by atoms with Gasteiger partial charge in [-0.3, -0.25) is 4.79 Å². The molecule has 0 radical (unpaired) electrons. The van der Waals surface area contributed by atoms with Crippen molar-refractivity contribution in [2.24, 2.45) is 5.92 Å². The third-order valence-corrected chi connectivity index (χ3v) is 3.70. The predicted molar refractivity (Wildman–Crippen MR) is 71.3 cm³/mol. The van der Waals surface area contributed by atoms with Crippen molar-refractivity contribution in [1.29, 1.82) is 0 Å². The molecule has 1 aliphatic rings. The lowest BCUT2D eigenvalue weighted by Crippen LogP contribution is -2.28. The molecule has 5 heteroatoms. The minimum Gasteiger partial charge on any atom is -0.381 e. The number of carbonyl (C=O) groups excluding carboxylic acids is 1. The zero-order valence-electron chi connectivity index (χ0n) is 9.21. The van der Waals surface area contributed by atoms with Crippen molar-refractivity contribution in [2.45, 2.75) is 12.8 Å². The number of carbonyl (C=O) groups is 1. The van der Waals surface area contributed by atoms with Crippen LogP contribution in [0.3, 0.4) is 0 Å². The zero-order valence-corrected chi connectivity index (χ0v) is 11.6. The van der Waals surface area contributed by atoms with E-state index in [1.807, 2.05) is 6.07 Å². The van der Waals surface area contributed by atoms with Gasteiger partial charge in [0.25, 0.3) is 0 Å². The van der Waals surface area contributed by atoms with Gasteiger partial charge >= 0.3 is 0 Å². The maximum absolute atomic E-state index is 12.0. The number of anilines is 1. The fraction of sp³-hybridized carbons (Fsp3) is 0.417. The van der Waals surface area contributed by atoms with Crippen molar-refractivity contribution >= 4 is 39.1 Å². The Hall–Kier alpha value is -0.580. The summed E-state index contributed by atoms with van der Waals surface area (Å²) in [5.74, 6) is 0.0749. The van der Waals surface area contributed by atoms with Crippen molar-refractivity contribution in [3.8, 4) is 0 Å². The van der Waals surface area contributed by atoms with Gasteiger partial charge in [-0.1, -0.05) is 11.6 Å². The monoisotopic (exact) mass is 317 g/mol. The third-order valence-electron chi connectivity index (χ3n) is 2.78. The fourth-order valence-corrected chi connectivity index (χ4v) is 2.31. The molecule has 0 aliphatic carbocycles. The Morgan fingerprint density at radius 3 is 2.82 bits per heavy atom. The zero-order chi connectivity index (χ0) is 12.3. The van der Waals surface area contributed by atoms with Crippen LogP contribution in [0.1, 0.15) is 12.8 Å². The number of hydrogen-bond donors (Lipinski definition) is 1. The van der Waals surface area contributed by atoms with Gasteiger partial charge in [-0.05, 0) is 47.0 Å². The van der Waals surface area contributed by atoms with Crippen LogP contribution < -0.4 is 5.32 Å². The molecule has 1 amide bonds. The average molecular weight is 319 g/mol. The Bertz CT molecular complexity index is 419. The summed E-state index contributed by atoms with van der Waals surface area (Å²) in [6.45, 7) is 1.32. The van der Waals surface area contributed by atoms with E-state index in [-0.39, 0.29) is 11.8 Å². The first-order chi connectivity index (χ1) is 8.16. The van der Waals surface area contributed by atoms with Crippen molar-refractivity contribution in [1.82, 2.24) is 0 Å². The second-order valence-electron chi connectivity index (χ2n) is 4.00. The summed E-state index contributed by atoms with van der Waals surface area (Å²) in [6, 6.07) is 5.33. The molecule has 3 nitrogen and oxygen atoms in total. The summed E-state index contributed by atoms with van der Waals surface area (Å²) in [7, 11) is 0. The van der Waals surface area contributed by atoms with Crippen LogP contribution in [0.15, 0.2) is 22.7 Å². The summed E-state index contributed by atoms with van der Waals surface area (Å²) < 4.78 is 6.07. The second kappa shape index (κ2) is 5.85. The maximum atomic E-state index is 12.0. The second-order valence-corrected chi connectivity index (χ2v) is 5.29. The Balaban J connectivity index is 2.04. The van der Waals surface area contributed by atoms with Crippen LogP contribution in [0.4, 0.5) is 5.69 Å². The Labute approximate surface area is 114 Å². The van der Waals surface area contributed by atoms with Crippen molar-refractivity contribution in [3.05, 3.63) is 27.7 Å². The first-order valence-corrected chi connectivity index (χ1v) is 6.67. The molecule has 2 rings (SSSR count). The molecule has 92 valence electrons. The highest BCUT2D eigenvalue weighted by atomic mass is 79.9. The standard InChI is InChI=1S/C12H13BrClNO2/c13-10-2-1-9(14)7-11(10)15-12(16)8-3-5-17-6-4-8/h1-2,7-8H,3-6H2,(H,15,16). The number of nitrogens with one attached hydrogen (secondary N) is 1. The summed E-state index contributed by atoms with van der Waals surface area (Å²) in [5.41, 5.74) is 0.717.